The Balaban J connectivity index is 2.03. The monoisotopic (exact) mass is 288 g/mol. The van der Waals surface area contributed by atoms with Crippen LogP contribution in [-0.2, 0) is 9.84 Å². The first-order valence-electron chi connectivity index (χ1n) is 7.76. The predicted molar refractivity (Wildman–Crippen MR) is 78.3 cm³/mol. The van der Waals surface area contributed by atoms with Gasteiger partial charge < -0.3 is 0 Å². The van der Waals surface area contributed by atoms with E-state index in [0.717, 1.165) is 38.0 Å². The molecular weight excluding hydrogens is 260 g/mol. The van der Waals surface area contributed by atoms with Gasteiger partial charge in [-0.15, -0.1) is 0 Å². The Hall–Kier alpha value is -0.130. The standard InChI is InChI=1S/C14H28N2O2S/c1-2-11-6-8-12(9-7-11)14(16-15)13-5-3-4-10-19(13,17)18/h11-14,16H,2-10,15H2,1H3. The molecule has 0 spiro atoms. The van der Waals surface area contributed by atoms with E-state index in [-0.39, 0.29) is 11.3 Å². The normalized spacial score (nSPS) is 36.8. The maximum atomic E-state index is 12.2. The fraction of sp³-hybridized carbons (Fsp3) is 1.00. The number of nitrogens with two attached hydrogens (primary N) is 1. The molecule has 112 valence electrons. The summed E-state index contributed by atoms with van der Waals surface area (Å²) in [6, 6.07) is -0.0388. The van der Waals surface area contributed by atoms with Gasteiger partial charge in [-0.05, 0) is 37.5 Å². The molecule has 2 atom stereocenters. The molecule has 1 heterocycles. The Morgan fingerprint density at radius 2 is 1.84 bits per heavy atom. The highest BCUT2D eigenvalue weighted by Gasteiger charge is 2.39. The topological polar surface area (TPSA) is 72.2 Å². The molecule has 0 bridgehead atoms. The zero-order valence-electron chi connectivity index (χ0n) is 12.0. The maximum absolute atomic E-state index is 12.2. The molecule has 3 N–H and O–H groups in total. The molecule has 1 aliphatic heterocycles. The van der Waals surface area contributed by atoms with Crippen LogP contribution in [0.1, 0.15) is 58.3 Å². The third kappa shape index (κ3) is 3.50. The number of hydrogen-bond acceptors (Lipinski definition) is 4. The summed E-state index contributed by atoms with van der Waals surface area (Å²) in [5, 5.41) is -0.255. The summed E-state index contributed by atoms with van der Waals surface area (Å²) in [6.45, 7) is 2.25. The molecule has 0 amide bonds. The molecular formula is C14H28N2O2S. The van der Waals surface area contributed by atoms with Crippen molar-refractivity contribution in [2.24, 2.45) is 17.7 Å². The summed E-state index contributed by atoms with van der Waals surface area (Å²) >= 11 is 0. The van der Waals surface area contributed by atoms with Crippen molar-refractivity contribution < 1.29 is 8.42 Å². The number of rotatable bonds is 4. The SMILES string of the molecule is CCC1CCC(C(NN)C2CCCCS2(=O)=O)CC1. The smallest absolute Gasteiger partial charge is 0.154 e. The summed E-state index contributed by atoms with van der Waals surface area (Å²) in [5.41, 5.74) is 2.85. The van der Waals surface area contributed by atoms with Gasteiger partial charge in [0, 0.05) is 6.04 Å². The van der Waals surface area contributed by atoms with Gasteiger partial charge in [-0.25, -0.2) is 8.42 Å². The molecule has 1 aliphatic carbocycles. The van der Waals surface area contributed by atoms with Crippen LogP contribution >= 0.6 is 0 Å². The minimum atomic E-state index is -2.95. The lowest BCUT2D eigenvalue weighted by molar-refractivity contribution is 0.209. The van der Waals surface area contributed by atoms with Gasteiger partial charge in [-0.3, -0.25) is 11.3 Å². The van der Waals surface area contributed by atoms with E-state index in [1.165, 1.54) is 19.3 Å². The van der Waals surface area contributed by atoms with Crippen LogP contribution in [0.3, 0.4) is 0 Å². The molecule has 0 radical (unpaired) electrons. The average molecular weight is 288 g/mol. The lowest BCUT2D eigenvalue weighted by atomic mass is 9.76. The molecule has 2 aliphatic rings. The largest absolute Gasteiger partial charge is 0.271 e. The second kappa shape index (κ2) is 6.55. The zero-order valence-corrected chi connectivity index (χ0v) is 12.8. The van der Waals surface area contributed by atoms with E-state index in [0.29, 0.717) is 11.7 Å². The Morgan fingerprint density at radius 3 is 2.37 bits per heavy atom. The molecule has 19 heavy (non-hydrogen) atoms. The minimum Gasteiger partial charge on any atom is -0.271 e. The van der Waals surface area contributed by atoms with E-state index in [4.69, 9.17) is 5.84 Å². The maximum Gasteiger partial charge on any atom is 0.154 e. The van der Waals surface area contributed by atoms with Gasteiger partial charge in [0.1, 0.15) is 0 Å². The Kier molecular flexibility index (Phi) is 5.26. The van der Waals surface area contributed by atoms with Gasteiger partial charge >= 0.3 is 0 Å². The van der Waals surface area contributed by atoms with Crippen molar-refractivity contribution in [3.63, 3.8) is 0 Å². The molecule has 1 saturated heterocycles. The number of sulfone groups is 1. The first kappa shape index (κ1) is 15.3. The highest BCUT2D eigenvalue weighted by atomic mass is 32.2. The number of hydrogen-bond donors (Lipinski definition) is 2. The number of nitrogens with one attached hydrogen (secondary N) is 1. The van der Waals surface area contributed by atoms with Crippen LogP contribution in [0, 0.1) is 11.8 Å². The second-order valence-electron chi connectivity index (χ2n) is 6.28. The van der Waals surface area contributed by atoms with Crippen LogP contribution in [0.2, 0.25) is 0 Å². The van der Waals surface area contributed by atoms with Crippen molar-refractivity contribution in [3.8, 4) is 0 Å². The molecule has 1 saturated carbocycles. The highest BCUT2D eigenvalue weighted by molar-refractivity contribution is 7.92. The van der Waals surface area contributed by atoms with Crippen molar-refractivity contribution in [1.29, 1.82) is 0 Å². The molecule has 0 aromatic carbocycles. The van der Waals surface area contributed by atoms with Gasteiger partial charge in [0.25, 0.3) is 0 Å². The Bertz CT molecular complexity index is 375. The molecule has 2 rings (SSSR count). The van der Waals surface area contributed by atoms with Crippen molar-refractivity contribution in [2.45, 2.75) is 69.6 Å². The van der Waals surface area contributed by atoms with Crippen molar-refractivity contribution in [2.75, 3.05) is 5.75 Å². The van der Waals surface area contributed by atoms with Gasteiger partial charge in [0.2, 0.25) is 0 Å². The van der Waals surface area contributed by atoms with E-state index in [1.807, 2.05) is 0 Å². The fourth-order valence-electron chi connectivity index (χ4n) is 3.89. The van der Waals surface area contributed by atoms with Gasteiger partial charge in [0.05, 0.1) is 11.0 Å². The van der Waals surface area contributed by atoms with E-state index in [2.05, 4.69) is 12.3 Å². The molecule has 0 aromatic rings. The zero-order chi connectivity index (χ0) is 13.9. The Morgan fingerprint density at radius 1 is 1.16 bits per heavy atom. The Labute approximate surface area is 117 Å². The number of hydrazine groups is 1. The molecule has 2 unspecified atom stereocenters. The lowest BCUT2D eigenvalue weighted by Gasteiger charge is -2.38. The third-order valence-electron chi connectivity index (χ3n) is 5.20. The molecule has 4 nitrogen and oxygen atoms in total. The van der Waals surface area contributed by atoms with E-state index in [1.54, 1.807) is 0 Å². The summed E-state index contributed by atoms with van der Waals surface area (Å²) < 4.78 is 24.5. The van der Waals surface area contributed by atoms with Crippen molar-refractivity contribution in [1.82, 2.24) is 5.43 Å². The van der Waals surface area contributed by atoms with Crippen molar-refractivity contribution in [3.05, 3.63) is 0 Å². The minimum absolute atomic E-state index is 0.0388. The van der Waals surface area contributed by atoms with E-state index >= 15 is 0 Å². The van der Waals surface area contributed by atoms with Crippen LogP contribution in [0.15, 0.2) is 0 Å². The fourth-order valence-corrected chi connectivity index (χ4v) is 6.07. The summed E-state index contributed by atoms with van der Waals surface area (Å²) in [7, 11) is -2.95. The highest BCUT2D eigenvalue weighted by Crippen LogP contribution is 2.36. The summed E-state index contributed by atoms with van der Waals surface area (Å²) in [4.78, 5) is 0. The summed E-state index contributed by atoms with van der Waals surface area (Å²) in [5.74, 6) is 7.32. The molecule has 2 fully saturated rings. The third-order valence-corrected chi connectivity index (χ3v) is 7.51. The van der Waals surface area contributed by atoms with Crippen LogP contribution < -0.4 is 11.3 Å². The van der Waals surface area contributed by atoms with Gasteiger partial charge in [0.15, 0.2) is 9.84 Å². The van der Waals surface area contributed by atoms with Crippen molar-refractivity contribution >= 4 is 9.84 Å². The quantitative estimate of drug-likeness (QED) is 0.613. The van der Waals surface area contributed by atoms with Gasteiger partial charge in [-0.1, -0.05) is 32.6 Å². The molecule has 5 heteroatoms. The van der Waals surface area contributed by atoms with Gasteiger partial charge in [-0.2, -0.15) is 0 Å². The predicted octanol–water partition coefficient (Wildman–Crippen LogP) is 2.00. The van der Waals surface area contributed by atoms with Crippen LogP contribution in [0.5, 0.6) is 0 Å². The van der Waals surface area contributed by atoms with Crippen LogP contribution in [0.4, 0.5) is 0 Å². The van der Waals surface area contributed by atoms with E-state index in [9.17, 15) is 8.42 Å². The molecule has 0 aromatic heterocycles. The first-order chi connectivity index (χ1) is 9.08. The average Bonchev–Trinajstić information content (AvgIpc) is 2.42. The summed E-state index contributed by atoms with van der Waals surface area (Å²) in [6.07, 6.45) is 8.57. The van der Waals surface area contributed by atoms with E-state index < -0.39 is 9.84 Å². The first-order valence-corrected chi connectivity index (χ1v) is 9.47. The van der Waals surface area contributed by atoms with Crippen LogP contribution in [0.25, 0.3) is 0 Å². The van der Waals surface area contributed by atoms with Crippen LogP contribution in [-0.4, -0.2) is 25.5 Å². The second-order valence-corrected chi connectivity index (χ2v) is 8.62. The lowest BCUT2D eigenvalue weighted by Crippen LogP contribution is -2.53.